The summed E-state index contributed by atoms with van der Waals surface area (Å²) in [7, 11) is 0. The molecule has 0 aromatic carbocycles. The van der Waals surface area contributed by atoms with Gasteiger partial charge in [0.05, 0.1) is 11.2 Å². The van der Waals surface area contributed by atoms with Gasteiger partial charge in [0.1, 0.15) is 0 Å². The van der Waals surface area contributed by atoms with Crippen molar-refractivity contribution in [3.63, 3.8) is 0 Å². The number of nitrogens with one attached hydrogen (secondary N) is 1. The molecule has 2 saturated carbocycles. The predicted molar refractivity (Wildman–Crippen MR) is 72.1 cm³/mol. The average Bonchev–Trinajstić information content (AvgIpc) is 2.98. The Morgan fingerprint density at radius 2 is 2.06 bits per heavy atom. The summed E-state index contributed by atoms with van der Waals surface area (Å²) in [6.45, 7) is 0.968. The van der Waals surface area contributed by atoms with Gasteiger partial charge in [-0.3, -0.25) is 0 Å². The topological polar surface area (TPSA) is 24.9 Å². The third-order valence-electron chi connectivity index (χ3n) is 4.77. The van der Waals surface area contributed by atoms with E-state index in [1.807, 2.05) is 5.51 Å². The lowest BCUT2D eigenvalue weighted by Crippen LogP contribution is -2.42. The second kappa shape index (κ2) is 5.07. The minimum Gasteiger partial charge on any atom is -0.308 e. The van der Waals surface area contributed by atoms with E-state index >= 15 is 0 Å². The number of nitrogens with zero attached hydrogens (tertiary/aromatic N) is 1. The van der Waals surface area contributed by atoms with Crippen LogP contribution in [-0.2, 0) is 6.54 Å². The van der Waals surface area contributed by atoms with Crippen molar-refractivity contribution in [1.82, 2.24) is 10.3 Å². The smallest absolute Gasteiger partial charge is 0.0795 e. The molecule has 2 fully saturated rings. The number of hydrogen-bond donors (Lipinski definition) is 1. The first-order valence-corrected chi connectivity index (χ1v) is 7.94. The highest BCUT2D eigenvalue weighted by Crippen LogP contribution is 2.49. The fourth-order valence-corrected chi connectivity index (χ4v) is 4.42. The summed E-state index contributed by atoms with van der Waals surface area (Å²) < 4.78 is 0. The largest absolute Gasteiger partial charge is 0.308 e. The van der Waals surface area contributed by atoms with Crippen LogP contribution in [0.3, 0.4) is 0 Å². The van der Waals surface area contributed by atoms with Gasteiger partial charge < -0.3 is 5.32 Å². The molecule has 1 atom stereocenters. The Balaban J connectivity index is 1.61. The third kappa shape index (κ3) is 2.41. The number of hydrogen-bond acceptors (Lipinski definition) is 3. The first-order chi connectivity index (χ1) is 8.39. The molecule has 1 aromatic heterocycles. The van der Waals surface area contributed by atoms with Gasteiger partial charge in [-0.2, -0.15) is 0 Å². The summed E-state index contributed by atoms with van der Waals surface area (Å²) in [5, 5.41) is 5.95. The lowest BCUT2D eigenvalue weighted by molar-refractivity contribution is 0.148. The van der Waals surface area contributed by atoms with Crippen molar-refractivity contribution in [2.75, 3.05) is 0 Å². The lowest BCUT2D eigenvalue weighted by Gasteiger charge is -2.39. The Labute approximate surface area is 108 Å². The summed E-state index contributed by atoms with van der Waals surface area (Å²) in [5.74, 6) is 0. The van der Waals surface area contributed by atoms with Crippen LogP contribution in [0.4, 0.5) is 0 Å². The Bertz CT molecular complexity index is 341. The first-order valence-electron chi connectivity index (χ1n) is 7.00. The van der Waals surface area contributed by atoms with Gasteiger partial charge in [0.2, 0.25) is 0 Å². The standard InChI is InChI=1S/C14H22N2S/c1-2-6-14(7-3-1)8-4-5-13(14)15-9-12-10-17-11-16-12/h10-11,13,15H,1-9H2. The van der Waals surface area contributed by atoms with Crippen LogP contribution in [-0.4, -0.2) is 11.0 Å². The van der Waals surface area contributed by atoms with Crippen molar-refractivity contribution in [1.29, 1.82) is 0 Å². The molecule has 2 aliphatic rings. The molecule has 17 heavy (non-hydrogen) atoms. The van der Waals surface area contributed by atoms with Crippen LogP contribution in [0.15, 0.2) is 10.9 Å². The van der Waals surface area contributed by atoms with Crippen molar-refractivity contribution in [3.8, 4) is 0 Å². The van der Waals surface area contributed by atoms with E-state index in [0.29, 0.717) is 5.41 Å². The number of thiazole rings is 1. The van der Waals surface area contributed by atoms with Gasteiger partial charge in [0.25, 0.3) is 0 Å². The monoisotopic (exact) mass is 250 g/mol. The van der Waals surface area contributed by atoms with E-state index in [9.17, 15) is 0 Å². The average molecular weight is 250 g/mol. The van der Waals surface area contributed by atoms with Crippen molar-refractivity contribution >= 4 is 11.3 Å². The molecular formula is C14H22N2S. The lowest BCUT2D eigenvalue weighted by atomic mass is 9.70. The van der Waals surface area contributed by atoms with Crippen LogP contribution in [0.5, 0.6) is 0 Å². The maximum atomic E-state index is 4.37. The zero-order valence-electron chi connectivity index (χ0n) is 10.5. The summed E-state index contributed by atoms with van der Waals surface area (Å²) in [4.78, 5) is 4.37. The molecule has 1 spiro atoms. The Kier molecular flexibility index (Phi) is 3.48. The number of aromatic nitrogens is 1. The predicted octanol–water partition coefficient (Wildman–Crippen LogP) is 3.74. The summed E-state index contributed by atoms with van der Waals surface area (Å²) in [6.07, 6.45) is 11.5. The van der Waals surface area contributed by atoms with Crippen LogP contribution in [0.1, 0.15) is 57.1 Å². The molecule has 94 valence electrons. The van der Waals surface area contributed by atoms with Crippen LogP contribution in [0.2, 0.25) is 0 Å². The van der Waals surface area contributed by atoms with E-state index in [0.717, 1.165) is 12.6 Å². The normalized spacial score (nSPS) is 27.6. The van der Waals surface area contributed by atoms with Crippen molar-refractivity contribution in [2.24, 2.45) is 5.41 Å². The van der Waals surface area contributed by atoms with Gasteiger partial charge in [0, 0.05) is 18.0 Å². The second-order valence-corrected chi connectivity index (χ2v) is 6.45. The molecule has 1 N–H and O–H groups in total. The fraction of sp³-hybridized carbons (Fsp3) is 0.786. The molecule has 0 aliphatic heterocycles. The fourth-order valence-electron chi connectivity index (χ4n) is 3.86. The highest BCUT2D eigenvalue weighted by atomic mass is 32.1. The van der Waals surface area contributed by atoms with Gasteiger partial charge >= 0.3 is 0 Å². The van der Waals surface area contributed by atoms with Gasteiger partial charge in [-0.15, -0.1) is 11.3 Å². The van der Waals surface area contributed by atoms with E-state index < -0.39 is 0 Å². The second-order valence-electron chi connectivity index (χ2n) is 5.73. The Morgan fingerprint density at radius 3 is 2.82 bits per heavy atom. The van der Waals surface area contributed by atoms with Gasteiger partial charge in [-0.05, 0) is 31.1 Å². The molecule has 0 bridgehead atoms. The molecular weight excluding hydrogens is 228 g/mol. The van der Waals surface area contributed by atoms with E-state index in [2.05, 4.69) is 15.7 Å². The maximum absolute atomic E-state index is 4.37. The van der Waals surface area contributed by atoms with Gasteiger partial charge in [0.15, 0.2) is 0 Å². The highest BCUT2D eigenvalue weighted by molar-refractivity contribution is 7.07. The van der Waals surface area contributed by atoms with Crippen LogP contribution < -0.4 is 5.32 Å². The SMILES string of the molecule is c1nc(CNC2CCCC23CCCCC3)cs1. The quantitative estimate of drug-likeness (QED) is 0.884. The molecule has 3 rings (SSSR count). The minimum absolute atomic E-state index is 0.647. The van der Waals surface area contributed by atoms with E-state index in [1.54, 1.807) is 11.3 Å². The van der Waals surface area contributed by atoms with Crippen molar-refractivity contribution in [2.45, 2.75) is 64.0 Å². The van der Waals surface area contributed by atoms with Gasteiger partial charge in [-0.1, -0.05) is 25.7 Å². The van der Waals surface area contributed by atoms with Gasteiger partial charge in [-0.25, -0.2) is 4.98 Å². The van der Waals surface area contributed by atoms with Crippen LogP contribution >= 0.6 is 11.3 Å². The molecule has 0 saturated heterocycles. The van der Waals surface area contributed by atoms with E-state index in [-0.39, 0.29) is 0 Å². The molecule has 0 amide bonds. The third-order valence-corrected chi connectivity index (χ3v) is 5.40. The minimum atomic E-state index is 0.647. The van der Waals surface area contributed by atoms with Crippen LogP contribution in [0.25, 0.3) is 0 Å². The molecule has 2 nitrogen and oxygen atoms in total. The summed E-state index contributed by atoms with van der Waals surface area (Å²) in [6, 6.07) is 0.754. The Morgan fingerprint density at radius 1 is 1.24 bits per heavy atom. The summed E-state index contributed by atoms with van der Waals surface area (Å²) in [5.41, 5.74) is 3.80. The first kappa shape index (κ1) is 11.7. The molecule has 2 aliphatic carbocycles. The molecule has 3 heteroatoms. The molecule has 0 radical (unpaired) electrons. The van der Waals surface area contributed by atoms with Crippen LogP contribution in [0, 0.1) is 5.41 Å². The Hall–Kier alpha value is -0.410. The molecule has 1 unspecified atom stereocenters. The maximum Gasteiger partial charge on any atom is 0.0795 e. The number of rotatable bonds is 3. The van der Waals surface area contributed by atoms with E-state index in [1.165, 1.54) is 57.1 Å². The molecule has 1 aromatic rings. The molecule has 1 heterocycles. The van der Waals surface area contributed by atoms with Crippen molar-refractivity contribution in [3.05, 3.63) is 16.6 Å². The van der Waals surface area contributed by atoms with Crippen molar-refractivity contribution < 1.29 is 0 Å². The highest BCUT2D eigenvalue weighted by Gasteiger charge is 2.42. The van der Waals surface area contributed by atoms with E-state index in [4.69, 9.17) is 0 Å². The zero-order chi connectivity index (χ0) is 11.6. The zero-order valence-corrected chi connectivity index (χ0v) is 11.3. The summed E-state index contributed by atoms with van der Waals surface area (Å²) >= 11 is 1.70.